The molecule has 0 aliphatic heterocycles. The topological polar surface area (TPSA) is 20.2 Å². The van der Waals surface area contributed by atoms with Crippen LogP contribution in [0.3, 0.4) is 0 Å². The second kappa shape index (κ2) is 4.14. The molecule has 0 heterocycles. The highest BCUT2D eigenvalue weighted by atomic mass is 35.5. The smallest absolute Gasteiger partial charge is 0.125 e. The minimum absolute atomic E-state index is 0.198. The van der Waals surface area contributed by atoms with Crippen molar-refractivity contribution in [1.82, 2.24) is 0 Å². The summed E-state index contributed by atoms with van der Waals surface area (Å²) in [7, 11) is 0. The minimum Gasteiger partial charge on any atom is -0.508 e. The van der Waals surface area contributed by atoms with Gasteiger partial charge in [-0.1, -0.05) is 17.7 Å². The summed E-state index contributed by atoms with van der Waals surface area (Å²) >= 11 is 5.79. The lowest BCUT2D eigenvalue weighted by Gasteiger charge is -2.07. The van der Waals surface area contributed by atoms with Gasteiger partial charge in [-0.3, -0.25) is 0 Å². The molecule has 1 nitrogen and oxygen atoms in total. The molecular formula is C13H10ClFO. The maximum absolute atomic E-state index is 13.2. The van der Waals surface area contributed by atoms with Crippen LogP contribution in [-0.4, -0.2) is 5.11 Å². The quantitative estimate of drug-likeness (QED) is 0.788. The zero-order valence-corrected chi connectivity index (χ0v) is 9.42. The van der Waals surface area contributed by atoms with Crippen LogP contribution < -0.4 is 0 Å². The van der Waals surface area contributed by atoms with E-state index < -0.39 is 0 Å². The van der Waals surface area contributed by atoms with E-state index in [9.17, 15) is 9.50 Å². The Labute approximate surface area is 98.1 Å². The van der Waals surface area contributed by atoms with Crippen molar-refractivity contribution >= 4 is 11.6 Å². The third kappa shape index (κ3) is 2.17. The molecule has 3 heteroatoms. The van der Waals surface area contributed by atoms with Crippen LogP contribution in [0.1, 0.15) is 5.56 Å². The van der Waals surface area contributed by atoms with E-state index in [1.807, 2.05) is 6.92 Å². The van der Waals surface area contributed by atoms with Crippen molar-refractivity contribution < 1.29 is 9.50 Å². The van der Waals surface area contributed by atoms with Gasteiger partial charge in [-0.05, 0) is 53.9 Å². The highest BCUT2D eigenvalue weighted by molar-refractivity contribution is 6.30. The van der Waals surface area contributed by atoms with Gasteiger partial charge in [-0.15, -0.1) is 0 Å². The molecule has 2 rings (SSSR count). The van der Waals surface area contributed by atoms with Crippen LogP contribution in [0.5, 0.6) is 5.75 Å². The monoisotopic (exact) mass is 236 g/mol. The maximum Gasteiger partial charge on any atom is 0.125 e. The van der Waals surface area contributed by atoms with E-state index in [0.717, 1.165) is 11.1 Å². The molecule has 2 aromatic carbocycles. The van der Waals surface area contributed by atoms with Gasteiger partial charge in [-0.2, -0.15) is 0 Å². The Hall–Kier alpha value is -1.54. The molecule has 0 bridgehead atoms. The average Bonchev–Trinajstić information content (AvgIpc) is 2.15. The van der Waals surface area contributed by atoms with E-state index in [1.54, 1.807) is 24.3 Å². The molecule has 0 atom stereocenters. The standard InChI is InChI=1S/C13H10ClFO/c1-8-4-12(16)2-3-13(8)9-5-10(14)7-11(15)6-9/h2-7,16H,1H3. The molecule has 1 N–H and O–H groups in total. The van der Waals surface area contributed by atoms with Crippen LogP contribution in [0.2, 0.25) is 5.02 Å². The summed E-state index contributed by atoms with van der Waals surface area (Å²) in [5.74, 6) is -0.168. The Balaban J connectivity index is 2.58. The van der Waals surface area contributed by atoms with Crippen molar-refractivity contribution in [3.63, 3.8) is 0 Å². The summed E-state index contributed by atoms with van der Waals surface area (Å²) in [6, 6.07) is 9.33. The van der Waals surface area contributed by atoms with Crippen LogP contribution in [0.4, 0.5) is 4.39 Å². The van der Waals surface area contributed by atoms with E-state index in [-0.39, 0.29) is 11.6 Å². The van der Waals surface area contributed by atoms with Gasteiger partial charge in [0.1, 0.15) is 11.6 Å². The van der Waals surface area contributed by atoms with Crippen LogP contribution in [0.15, 0.2) is 36.4 Å². The number of rotatable bonds is 1. The lowest BCUT2D eigenvalue weighted by Crippen LogP contribution is -1.85. The van der Waals surface area contributed by atoms with Crippen molar-refractivity contribution in [1.29, 1.82) is 0 Å². The summed E-state index contributed by atoms with van der Waals surface area (Å²) in [5.41, 5.74) is 2.45. The predicted molar refractivity (Wildman–Crippen MR) is 63.2 cm³/mol. The van der Waals surface area contributed by atoms with Crippen molar-refractivity contribution in [3.05, 3.63) is 52.8 Å². The van der Waals surface area contributed by atoms with Gasteiger partial charge in [0, 0.05) is 5.02 Å². The van der Waals surface area contributed by atoms with Gasteiger partial charge in [0.15, 0.2) is 0 Å². The second-order valence-electron chi connectivity index (χ2n) is 3.66. The van der Waals surface area contributed by atoms with Crippen molar-refractivity contribution in [2.75, 3.05) is 0 Å². The number of halogens is 2. The molecule has 0 amide bonds. The fourth-order valence-electron chi connectivity index (χ4n) is 1.68. The predicted octanol–water partition coefficient (Wildman–Crippen LogP) is 4.16. The van der Waals surface area contributed by atoms with Gasteiger partial charge in [-0.25, -0.2) is 4.39 Å². The van der Waals surface area contributed by atoms with Crippen LogP contribution in [-0.2, 0) is 0 Å². The van der Waals surface area contributed by atoms with E-state index in [4.69, 9.17) is 11.6 Å². The van der Waals surface area contributed by atoms with Gasteiger partial charge >= 0.3 is 0 Å². The molecule has 0 fully saturated rings. The number of aromatic hydroxyl groups is 1. The first-order valence-electron chi connectivity index (χ1n) is 4.82. The molecule has 0 aliphatic rings. The van der Waals surface area contributed by atoms with Gasteiger partial charge in [0.25, 0.3) is 0 Å². The summed E-state index contributed by atoms with van der Waals surface area (Å²) in [6.45, 7) is 1.86. The fraction of sp³-hybridized carbons (Fsp3) is 0.0769. The molecule has 0 unspecified atom stereocenters. The number of phenols is 1. The Morgan fingerprint density at radius 3 is 2.50 bits per heavy atom. The molecule has 2 aromatic rings. The highest BCUT2D eigenvalue weighted by Gasteiger charge is 2.05. The zero-order chi connectivity index (χ0) is 11.7. The van der Waals surface area contributed by atoms with Crippen LogP contribution in [0, 0.1) is 12.7 Å². The molecule has 82 valence electrons. The van der Waals surface area contributed by atoms with E-state index in [1.165, 1.54) is 12.1 Å². The zero-order valence-electron chi connectivity index (χ0n) is 8.67. The molecule has 0 spiro atoms. The first kappa shape index (κ1) is 11.0. The average molecular weight is 237 g/mol. The van der Waals surface area contributed by atoms with E-state index in [0.29, 0.717) is 10.6 Å². The molecule has 0 aliphatic carbocycles. The maximum atomic E-state index is 13.2. The van der Waals surface area contributed by atoms with Crippen molar-refractivity contribution in [2.45, 2.75) is 6.92 Å². The Kier molecular flexibility index (Phi) is 2.84. The lowest BCUT2D eigenvalue weighted by molar-refractivity contribution is 0.475. The fourth-order valence-corrected chi connectivity index (χ4v) is 1.90. The summed E-state index contributed by atoms with van der Waals surface area (Å²) < 4.78 is 13.2. The van der Waals surface area contributed by atoms with Gasteiger partial charge in [0.2, 0.25) is 0 Å². The van der Waals surface area contributed by atoms with Crippen LogP contribution >= 0.6 is 11.6 Å². The Bertz CT molecular complexity index is 517. The number of aryl methyl sites for hydroxylation is 1. The summed E-state index contributed by atoms with van der Waals surface area (Å²) in [4.78, 5) is 0. The highest BCUT2D eigenvalue weighted by Crippen LogP contribution is 2.29. The molecular weight excluding hydrogens is 227 g/mol. The van der Waals surface area contributed by atoms with Crippen molar-refractivity contribution in [2.24, 2.45) is 0 Å². The largest absolute Gasteiger partial charge is 0.508 e. The normalized spacial score (nSPS) is 10.4. The van der Waals surface area contributed by atoms with E-state index in [2.05, 4.69) is 0 Å². The number of benzene rings is 2. The Morgan fingerprint density at radius 2 is 1.88 bits per heavy atom. The third-order valence-electron chi connectivity index (χ3n) is 2.38. The first-order chi connectivity index (χ1) is 7.56. The third-order valence-corrected chi connectivity index (χ3v) is 2.60. The summed E-state index contributed by atoms with van der Waals surface area (Å²) in [6.07, 6.45) is 0. The van der Waals surface area contributed by atoms with Crippen LogP contribution in [0.25, 0.3) is 11.1 Å². The molecule has 16 heavy (non-hydrogen) atoms. The second-order valence-corrected chi connectivity index (χ2v) is 4.09. The van der Waals surface area contributed by atoms with Gasteiger partial charge < -0.3 is 5.11 Å². The van der Waals surface area contributed by atoms with E-state index >= 15 is 0 Å². The molecule has 0 saturated carbocycles. The number of hydrogen-bond donors (Lipinski definition) is 1. The van der Waals surface area contributed by atoms with Crippen molar-refractivity contribution in [3.8, 4) is 16.9 Å². The molecule has 0 radical (unpaired) electrons. The van der Waals surface area contributed by atoms with Gasteiger partial charge in [0.05, 0.1) is 0 Å². The minimum atomic E-state index is -0.366. The first-order valence-corrected chi connectivity index (χ1v) is 5.20. The SMILES string of the molecule is Cc1cc(O)ccc1-c1cc(F)cc(Cl)c1. The number of hydrogen-bond acceptors (Lipinski definition) is 1. The summed E-state index contributed by atoms with van der Waals surface area (Å²) in [5, 5.41) is 9.66. The lowest BCUT2D eigenvalue weighted by atomic mass is 10.0. The number of phenolic OH excluding ortho intramolecular Hbond substituents is 1. The Morgan fingerprint density at radius 1 is 1.12 bits per heavy atom. The molecule has 0 aromatic heterocycles. The molecule has 0 saturated heterocycles.